The van der Waals surface area contributed by atoms with Crippen molar-refractivity contribution in [1.29, 1.82) is 0 Å². The molecule has 1 heteroatoms. The average molecular weight is 217 g/mol. The van der Waals surface area contributed by atoms with Crippen LogP contribution in [0.5, 0.6) is 0 Å². The highest BCUT2D eigenvalue weighted by Crippen LogP contribution is 2.38. The van der Waals surface area contributed by atoms with Gasteiger partial charge in [-0.2, -0.15) is 0 Å². The predicted molar refractivity (Wildman–Crippen MR) is 69.9 cm³/mol. The summed E-state index contributed by atoms with van der Waals surface area (Å²) < 4.78 is 0. The van der Waals surface area contributed by atoms with Crippen LogP contribution in [-0.2, 0) is 0 Å². The van der Waals surface area contributed by atoms with Crippen LogP contribution in [0.25, 0.3) is 0 Å². The normalized spacial score (nSPS) is 23.9. The first kappa shape index (κ1) is 11.7. The predicted octanol–water partition coefficient (Wildman–Crippen LogP) is 3.52. The van der Waals surface area contributed by atoms with Crippen molar-refractivity contribution in [1.82, 2.24) is 5.32 Å². The number of nitrogens with one attached hydrogen (secondary N) is 1. The standard InChI is InChI=1S/C15H23N/c1-11(2)12-5-7-13(8-6-12)14-9-16-10-15(14,3)4/h5-8,11,14,16H,9-10H2,1-4H3/t14-/m0/s1. The van der Waals surface area contributed by atoms with Gasteiger partial charge in [-0.3, -0.25) is 0 Å². The summed E-state index contributed by atoms with van der Waals surface area (Å²) in [6.45, 7) is 11.5. The SMILES string of the molecule is CC(C)c1ccc([C@@H]2CNCC2(C)C)cc1. The van der Waals surface area contributed by atoms with Gasteiger partial charge in [-0.15, -0.1) is 0 Å². The zero-order chi connectivity index (χ0) is 11.8. The lowest BCUT2D eigenvalue weighted by atomic mass is 9.77. The van der Waals surface area contributed by atoms with Crippen molar-refractivity contribution in [2.75, 3.05) is 13.1 Å². The lowest BCUT2D eigenvalue weighted by Gasteiger charge is -2.26. The van der Waals surface area contributed by atoms with Crippen LogP contribution in [0, 0.1) is 5.41 Å². The number of rotatable bonds is 2. The minimum Gasteiger partial charge on any atom is -0.316 e. The Morgan fingerprint density at radius 2 is 1.81 bits per heavy atom. The van der Waals surface area contributed by atoms with Crippen LogP contribution in [0.3, 0.4) is 0 Å². The molecule has 1 nitrogen and oxygen atoms in total. The molecule has 1 aliphatic rings. The van der Waals surface area contributed by atoms with Crippen molar-refractivity contribution in [3.63, 3.8) is 0 Å². The highest BCUT2D eigenvalue weighted by molar-refractivity contribution is 5.29. The van der Waals surface area contributed by atoms with Gasteiger partial charge in [0.25, 0.3) is 0 Å². The van der Waals surface area contributed by atoms with E-state index >= 15 is 0 Å². The van der Waals surface area contributed by atoms with Crippen molar-refractivity contribution >= 4 is 0 Å². The molecule has 16 heavy (non-hydrogen) atoms. The first-order valence-electron chi connectivity index (χ1n) is 6.31. The molecule has 0 spiro atoms. The molecule has 1 heterocycles. The van der Waals surface area contributed by atoms with Gasteiger partial charge < -0.3 is 5.32 Å². The molecule has 1 aliphatic heterocycles. The monoisotopic (exact) mass is 217 g/mol. The molecular weight excluding hydrogens is 194 g/mol. The van der Waals surface area contributed by atoms with E-state index in [-0.39, 0.29) is 0 Å². The molecule has 0 bridgehead atoms. The van der Waals surface area contributed by atoms with Crippen LogP contribution in [0.1, 0.15) is 50.7 Å². The summed E-state index contributed by atoms with van der Waals surface area (Å²) in [5.74, 6) is 1.29. The molecular formula is C15H23N. The van der Waals surface area contributed by atoms with Crippen molar-refractivity contribution < 1.29 is 0 Å². The molecule has 1 saturated heterocycles. The van der Waals surface area contributed by atoms with E-state index in [9.17, 15) is 0 Å². The van der Waals surface area contributed by atoms with E-state index in [4.69, 9.17) is 0 Å². The summed E-state index contributed by atoms with van der Waals surface area (Å²) in [6, 6.07) is 9.20. The van der Waals surface area contributed by atoms with Gasteiger partial charge in [0, 0.05) is 19.0 Å². The van der Waals surface area contributed by atoms with E-state index in [1.807, 2.05) is 0 Å². The lowest BCUT2D eigenvalue weighted by Crippen LogP contribution is -2.20. The Labute approximate surface area is 99.3 Å². The van der Waals surface area contributed by atoms with Gasteiger partial charge in [-0.25, -0.2) is 0 Å². The van der Waals surface area contributed by atoms with Crippen molar-refractivity contribution in [3.05, 3.63) is 35.4 Å². The van der Waals surface area contributed by atoms with Gasteiger partial charge in [0.15, 0.2) is 0 Å². The molecule has 0 unspecified atom stereocenters. The largest absolute Gasteiger partial charge is 0.316 e. The van der Waals surface area contributed by atoms with Crippen LogP contribution in [0.4, 0.5) is 0 Å². The third-order valence-corrected chi connectivity index (χ3v) is 3.88. The summed E-state index contributed by atoms with van der Waals surface area (Å²) in [6.07, 6.45) is 0. The topological polar surface area (TPSA) is 12.0 Å². The molecule has 0 radical (unpaired) electrons. The molecule has 0 aromatic heterocycles. The van der Waals surface area contributed by atoms with E-state index in [0.29, 0.717) is 17.3 Å². The van der Waals surface area contributed by atoms with Gasteiger partial charge in [0.05, 0.1) is 0 Å². The van der Waals surface area contributed by atoms with Crippen LogP contribution in [0.2, 0.25) is 0 Å². The van der Waals surface area contributed by atoms with E-state index in [1.54, 1.807) is 0 Å². The van der Waals surface area contributed by atoms with Crippen LogP contribution >= 0.6 is 0 Å². The Morgan fingerprint density at radius 3 is 2.25 bits per heavy atom. The summed E-state index contributed by atoms with van der Waals surface area (Å²) in [4.78, 5) is 0. The Morgan fingerprint density at radius 1 is 1.19 bits per heavy atom. The highest BCUT2D eigenvalue weighted by Gasteiger charge is 2.35. The number of hydrogen-bond donors (Lipinski definition) is 1. The smallest absolute Gasteiger partial charge is 0.00267 e. The van der Waals surface area contributed by atoms with Crippen LogP contribution in [0.15, 0.2) is 24.3 Å². The maximum absolute atomic E-state index is 3.50. The van der Waals surface area contributed by atoms with Gasteiger partial charge in [-0.05, 0) is 22.5 Å². The highest BCUT2D eigenvalue weighted by atomic mass is 14.9. The molecule has 0 amide bonds. The summed E-state index contributed by atoms with van der Waals surface area (Å²) in [5.41, 5.74) is 3.31. The maximum atomic E-state index is 3.50. The second kappa shape index (κ2) is 4.21. The summed E-state index contributed by atoms with van der Waals surface area (Å²) >= 11 is 0. The van der Waals surface area contributed by atoms with E-state index in [1.165, 1.54) is 11.1 Å². The first-order valence-corrected chi connectivity index (χ1v) is 6.31. The molecule has 88 valence electrons. The molecule has 1 N–H and O–H groups in total. The Balaban J connectivity index is 2.22. The zero-order valence-corrected chi connectivity index (χ0v) is 10.9. The minimum atomic E-state index is 0.388. The second-order valence-electron chi connectivity index (χ2n) is 5.99. The van der Waals surface area contributed by atoms with Crippen LogP contribution < -0.4 is 5.32 Å². The molecule has 0 aliphatic carbocycles. The Kier molecular flexibility index (Phi) is 3.07. The van der Waals surface area contributed by atoms with Gasteiger partial charge in [0.1, 0.15) is 0 Å². The molecule has 2 rings (SSSR count). The molecule has 0 saturated carbocycles. The number of benzene rings is 1. The fraction of sp³-hybridized carbons (Fsp3) is 0.600. The van der Waals surface area contributed by atoms with E-state index in [2.05, 4.69) is 57.3 Å². The molecule has 1 aromatic rings. The Bertz CT molecular complexity index is 348. The average Bonchev–Trinajstić information content (AvgIpc) is 2.58. The van der Waals surface area contributed by atoms with Crippen molar-refractivity contribution in [2.45, 2.75) is 39.5 Å². The fourth-order valence-corrected chi connectivity index (χ4v) is 2.62. The third kappa shape index (κ3) is 2.15. The maximum Gasteiger partial charge on any atom is 0.00267 e. The van der Waals surface area contributed by atoms with Crippen molar-refractivity contribution in [3.8, 4) is 0 Å². The summed E-state index contributed by atoms with van der Waals surface area (Å²) in [7, 11) is 0. The van der Waals surface area contributed by atoms with E-state index in [0.717, 1.165) is 13.1 Å². The molecule has 1 atom stereocenters. The molecule has 1 fully saturated rings. The lowest BCUT2D eigenvalue weighted by molar-refractivity contribution is 0.363. The van der Waals surface area contributed by atoms with E-state index < -0.39 is 0 Å². The van der Waals surface area contributed by atoms with Crippen LogP contribution in [-0.4, -0.2) is 13.1 Å². The van der Waals surface area contributed by atoms with Crippen molar-refractivity contribution in [2.24, 2.45) is 5.41 Å². The zero-order valence-electron chi connectivity index (χ0n) is 10.9. The third-order valence-electron chi connectivity index (χ3n) is 3.88. The van der Waals surface area contributed by atoms with Gasteiger partial charge in [-0.1, -0.05) is 52.0 Å². The van der Waals surface area contributed by atoms with Gasteiger partial charge >= 0.3 is 0 Å². The first-order chi connectivity index (χ1) is 7.50. The summed E-state index contributed by atoms with van der Waals surface area (Å²) in [5, 5.41) is 3.50. The minimum absolute atomic E-state index is 0.388. The quantitative estimate of drug-likeness (QED) is 0.799. The molecule has 1 aromatic carbocycles. The fourth-order valence-electron chi connectivity index (χ4n) is 2.62. The second-order valence-corrected chi connectivity index (χ2v) is 5.99. The Hall–Kier alpha value is -0.820. The van der Waals surface area contributed by atoms with Gasteiger partial charge in [0.2, 0.25) is 0 Å². The number of hydrogen-bond acceptors (Lipinski definition) is 1.